The molecule has 0 unspecified atom stereocenters. The van der Waals surface area contributed by atoms with Crippen LogP contribution in [-0.4, -0.2) is 64.8 Å². The Morgan fingerprint density at radius 1 is 1.12 bits per heavy atom. The standard InChI is InChI=1S/C20H21N5O4.C2H4O2/c1-24-16-6-5-14(23-13-4-2-3-12(9-13)19(21)22)10-15(16)20(29)25(11-17(24)26)8-7-18(27)28;1-2(3)4/h2-6,9-10,23H,7-8,11H2,1H3,(H3,21,22)(H,27,28);1H3,(H,3,4). The number of fused-ring (bicyclic) bond motifs is 1. The van der Waals surface area contributed by atoms with E-state index in [2.05, 4.69) is 5.32 Å². The van der Waals surface area contributed by atoms with Gasteiger partial charge in [-0.1, -0.05) is 12.1 Å². The number of rotatable bonds is 6. The van der Waals surface area contributed by atoms with Crippen LogP contribution in [0.5, 0.6) is 0 Å². The molecule has 6 N–H and O–H groups in total. The van der Waals surface area contributed by atoms with Crippen molar-refractivity contribution in [1.82, 2.24) is 4.90 Å². The number of carbonyl (C=O) groups excluding carboxylic acids is 2. The Labute approximate surface area is 189 Å². The van der Waals surface area contributed by atoms with E-state index < -0.39 is 17.8 Å². The minimum atomic E-state index is -1.04. The van der Waals surface area contributed by atoms with Gasteiger partial charge in [-0.05, 0) is 30.3 Å². The summed E-state index contributed by atoms with van der Waals surface area (Å²) in [5.74, 6) is -2.62. The largest absolute Gasteiger partial charge is 0.481 e. The van der Waals surface area contributed by atoms with E-state index in [9.17, 15) is 14.4 Å². The molecule has 0 saturated carbocycles. The van der Waals surface area contributed by atoms with Crippen LogP contribution in [-0.2, 0) is 14.4 Å². The molecule has 1 aliphatic rings. The van der Waals surface area contributed by atoms with E-state index >= 15 is 0 Å². The van der Waals surface area contributed by atoms with Gasteiger partial charge in [0.15, 0.2) is 0 Å². The van der Waals surface area contributed by atoms with Crippen LogP contribution in [0, 0.1) is 5.41 Å². The third-order valence-corrected chi connectivity index (χ3v) is 4.63. The summed E-state index contributed by atoms with van der Waals surface area (Å²) in [5, 5.41) is 27.0. The number of benzene rings is 2. The van der Waals surface area contributed by atoms with Gasteiger partial charge >= 0.3 is 5.97 Å². The van der Waals surface area contributed by atoms with Crippen LogP contribution in [0.1, 0.15) is 29.3 Å². The highest BCUT2D eigenvalue weighted by Crippen LogP contribution is 2.29. The molecule has 2 aromatic rings. The van der Waals surface area contributed by atoms with Crippen molar-refractivity contribution in [2.24, 2.45) is 5.73 Å². The molecule has 1 aliphatic heterocycles. The Bertz CT molecular complexity index is 1100. The molecule has 0 bridgehead atoms. The van der Waals surface area contributed by atoms with E-state index in [1.54, 1.807) is 49.5 Å². The minimum Gasteiger partial charge on any atom is -0.481 e. The van der Waals surface area contributed by atoms with E-state index in [4.69, 9.17) is 26.2 Å². The lowest BCUT2D eigenvalue weighted by molar-refractivity contribution is -0.137. The molecule has 0 fully saturated rings. The number of carbonyl (C=O) groups is 4. The van der Waals surface area contributed by atoms with Gasteiger partial charge in [0.1, 0.15) is 12.4 Å². The molecule has 33 heavy (non-hydrogen) atoms. The summed E-state index contributed by atoms with van der Waals surface area (Å²) >= 11 is 0. The molecule has 0 radical (unpaired) electrons. The number of likely N-dealkylation sites (N-methyl/N-ethyl adjacent to an activating group) is 1. The van der Waals surface area contributed by atoms with Gasteiger partial charge in [0, 0.05) is 37.5 Å². The number of aliphatic carboxylic acids is 2. The average Bonchev–Trinajstić information content (AvgIpc) is 2.82. The number of amidine groups is 1. The van der Waals surface area contributed by atoms with Crippen LogP contribution in [0.2, 0.25) is 0 Å². The molecule has 1 heterocycles. The van der Waals surface area contributed by atoms with E-state index in [0.29, 0.717) is 28.2 Å². The fourth-order valence-electron chi connectivity index (χ4n) is 3.07. The Balaban J connectivity index is 0.000000890. The first-order chi connectivity index (χ1) is 15.5. The molecule has 2 amide bonds. The normalized spacial score (nSPS) is 12.8. The predicted molar refractivity (Wildman–Crippen MR) is 122 cm³/mol. The smallest absolute Gasteiger partial charge is 0.305 e. The Morgan fingerprint density at radius 2 is 1.76 bits per heavy atom. The van der Waals surface area contributed by atoms with Gasteiger partial charge in [-0.2, -0.15) is 0 Å². The van der Waals surface area contributed by atoms with Crippen molar-refractivity contribution in [3.05, 3.63) is 53.6 Å². The van der Waals surface area contributed by atoms with Crippen molar-refractivity contribution in [1.29, 1.82) is 5.41 Å². The zero-order valence-electron chi connectivity index (χ0n) is 18.2. The molecule has 3 rings (SSSR count). The molecule has 0 saturated heterocycles. The van der Waals surface area contributed by atoms with E-state index in [1.807, 2.05) is 0 Å². The summed E-state index contributed by atoms with van der Waals surface area (Å²) in [6.45, 7) is 0.853. The number of amides is 2. The van der Waals surface area contributed by atoms with Crippen LogP contribution in [0.3, 0.4) is 0 Å². The molecule has 0 spiro atoms. The van der Waals surface area contributed by atoms with Crippen LogP contribution in [0.15, 0.2) is 42.5 Å². The number of nitrogens with zero attached hydrogens (tertiary/aromatic N) is 2. The summed E-state index contributed by atoms with van der Waals surface area (Å²) in [6.07, 6.45) is -0.242. The number of hydrogen-bond acceptors (Lipinski definition) is 6. The van der Waals surface area contributed by atoms with Crippen molar-refractivity contribution < 1.29 is 29.4 Å². The Morgan fingerprint density at radius 3 is 2.36 bits per heavy atom. The van der Waals surface area contributed by atoms with Gasteiger partial charge in [-0.15, -0.1) is 0 Å². The van der Waals surface area contributed by atoms with Gasteiger partial charge < -0.3 is 31.1 Å². The first-order valence-corrected chi connectivity index (χ1v) is 9.82. The highest BCUT2D eigenvalue weighted by atomic mass is 16.4. The maximum Gasteiger partial charge on any atom is 0.305 e. The number of carboxylic acid groups (broad SMARTS) is 2. The van der Waals surface area contributed by atoms with Crippen LogP contribution in [0.25, 0.3) is 0 Å². The first-order valence-electron chi connectivity index (χ1n) is 9.82. The lowest BCUT2D eigenvalue weighted by Crippen LogP contribution is -2.38. The van der Waals surface area contributed by atoms with Crippen molar-refractivity contribution in [3.63, 3.8) is 0 Å². The molecule has 0 aromatic heterocycles. The molecule has 174 valence electrons. The van der Waals surface area contributed by atoms with Gasteiger partial charge in [0.05, 0.1) is 17.7 Å². The summed E-state index contributed by atoms with van der Waals surface area (Å²) in [5.41, 5.74) is 8.14. The van der Waals surface area contributed by atoms with Gasteiger partial charge in [-0.25, -0.2) is 0 Å². The molecule has 0 aliphatic carbocycles. The molecular formula is C22H25N5O6. The molecule has 0 atom stereocenters. The molecule has 11 heteroatoms. The summed E-state index contributed by atoms with van der Waals surface area (Å²) < 4.78 is 0. The second-order valence-corrected chi connectivity index (χ2v) is 7.19. The maximum absolute atomic E-state index is 13.0. The van der Waals surface area contributed by atoms with Gasteiger partial charge in [0.2, 0.25) is 5.91 Å². The summed E-state index contributed by atoms with van der Waals surface area (Å²) in [6, 6.07) is 12.0. The SMILES string of the molecule is CC(=O)O.CN1C(=O)CN(CCC(=O)O)C(=O)c2cc(Nc3cccc(C(=N)N)c3)ccc21. The van der Waals surface area contributed by atoms with Crippen molar-refractivity contribution in [2.45, 2.75) is 13.3 Å². The average molecular weight is 455 g/mol. The quantitative estimate of drug-likeness (QED) is 0.323. The first kappa shape index (κ1) is 24.9. The fourth-order valence-corrected chi connectivity index (χ4v) is 3.07. The second-order valence-electron chi connectivity index (χ2n) is 7.19. The third kappa shape index (κ3) is 6.79. The molecule has 2 aromatic carbocycles. The molecule has 11 nitrogen and oxygen atoms in total. The lowest BCUT2D eigenvalue weighted by Gasteiger charge is -2.19. The second kappa shape index (κ2) is 10.8. The zero-order valence-corrected chi connectivity index (χ0v) is 18.2. The highest BCUT2D eigenvalue weighted by molar-refractivity contribution is 6.10. The van der Waals surface area contributed by atoms with Crippen LogP contribution in [0.4, 0.5) is 17.1 Å². The van der Waals surface area contributed by atoms with Crippen LogP contribution >= 0.6 is 0 Å². The van der Waals surface area contributed by atoms with Gasteiger partial charge in [-0.3, -0.25) is 24.6 Å². The van der Waals surface area contributed by atoms with Crippen molar-refractivity contribution in [3.8, 4) is 0 Å². The van der Waals surface area contributed by atoms with Crippen molar-refractivity contribution >= 4 is 46.7 Å². The maximum atomic E-state index is 13.0. The molecular weight excluding hydrogens is 430 g/mol. The minimum absolute atomic E-state index is 0.0501. The number of anilines is 3. The topological polar surface area (TPSA) is 177 Å². The number of hydrogen-bond donors (Lipinski definition) is 5. The number of nitrogen functional groups attached to an aromatic ring is 1. The lowest BCUT2D eigenvalue weighted by atomic mass is 10.1. The van der Waals surface area contributed by atoms with Crippen LogP contribution < -0.4 is 16.0 Å². The van der Waals surface area contributed by atoms with E-state index in [0.717, 1.165) is 6.92 Å². The number of nitrogens with two attached hydrogens (primary N) is 1. The fraction of sp³-hybridized carbons (Fsp3) is 0.227. The third-order valence-electron chi connectivity index (χ3n) is 4.63. The predicted octanol–water partition coefficient (Wildman–Crippen LogP) is 1.70. The van der Waals surface area contributed by atoms with E-state index in [-0.39, 0.29) is 31.3 Å². The zero-order chi connectivity index (χ0) is 24.7. The van der Waals surface area contributed by atoms with Gasteiger partial charge in [0.25, 0.3) is 11.9 Å². The monoisotopic (exact) mass is 455 g/mol. The number of carboxylic acids is 2. The summed E-state index contributed by atoms with van der Waals surface area (Å²) in [4.78, 5) is 47.9. The Hall–Kier alpha value is -4.41. The number of nitrogens with one attached hydrogen (secondary N) is 2. The van der Waals surface area contributed by atoms with Crippen molar-refractivity contribution in [2.75, 3.05) is 30.4 Å². The summed E-state index contributed by atoms with van der Waals surface area (Å²) in [7, 11) is 1.58. The van der Waals surface area contributed by atoms with E-state index in [1.165, 1.54) is 9.80 Å². The highest BCUT2D eigenvalue weighted by Gasteiger charge is 2.30. The Kier molecular flexibility index (Phi) is 8.10.